The van der Waals surface area contributed by atoms with Crippen LogP contribution < -0.4 is 0 Å². The molecule has 0 saturated heterocycles. The second kappa shape index (κ2) is 9.42. The normalized spacial score (nSPS) is 21.4. The minimum Gasteiger partial charge on any atom is -0.462 e. The van der Waals surface area contributed by atoms with Gasteiger partial charge in [0.1, 0.15) is 12.0 Å². The fraction of sp³-hybridized carbons (Fsp3) is 0.545. The summed E-state index contributed by atoms with van der Waals surface area (Å²) in [5.41, 5.74) is 0.0488. The fourth-order valence-electron chi connectivity index (χ4n) is 3.95. The summed E-state index contributed by atoms with van der Waals surface area (Å²) in [4.78, 5) is 34.7. The maximum atomic E-state index is 13.3. The molecular formula is C22H22F4N4O3S. The molecule has 0 spiro atoms. The van der Waals surface area contributed by atoms with Crippen molar-refractivity contribution in [2.45, 2.75) is 57.4 Å². The van der Waals surface area contributed by atoms with Gasteiger partial charge in [-0.15, -0.1) is 11.3 Å². The molecule has 1 fully saturated rings. The number of aryl methyl sites for hydroxylation is 2. The van der Waals surface area contributed by atoms with E-state index in [-0.39, 0.29) is 37.1 Å². The lowest BCUT2D eigenvalue weighted by atomic mass is 9.90. The molecule has 2 aromatic rings. The van der Waals surface area contributed by atoms with Crippen molar-refractivity contribution in [2.24, 2.45) is 23.0 Å². The number of ketones is 1. The first-order valence-corrected chi connectivity index (χ1v) is 11.6. The third kappa shape index (κ3) is 5.12. The lowest BCUT2D eigenvalue weighted by Gasteiger charge is -2.18. The maximum Gasteiger partial charge on any atom is 0.435 e. The molecule has 0 aromatic carbocycles. The van der Waals surface area contributed by atoms with E-state index < -0.39 is 29.9 Å². The van der Waals surface area contributed by atoms with Gasteiger partial charge in [-0.1, -0.05) is 0 Å². The molecule has 0 amide bonds. The highest BCUT2D eigenvalue weighted by atomic mass is 32.1. The van der Waals surface area contributed by atoms with Crippen LogP contribution in [0.1, 0.15) is 51.1 Å². The number of nitrogens with zero attached hydrogens (tertiary/aromatic N) is 4. The molecule has 7 nitrogen and oxygen atoms in total. The number of fused-ring (bicyclic) bond motifs is 1. The zero-order valence-electron chi connectivity index (χ0n) is 18.5. The van der Waals surface area contributed by atoms with Crippen molar-refractivity contribution in [1.82, 2.24) is 9.78 Å². The van der Waals surface area contributed by atoms with Crippen LogP contribution in [0.5, 0.6) is 0 Å². The lowest BCUT2D eigenvalue weighted by molar-refractivity contribution is -0.141. The van der Waals surface area contributed by atoms with Crippen LogP contribution in [-0.4, -0.2) is 46.4 Å². The number of hydrogen-bond donors (Lipinski definition) is 0. The van der Waals surface area contributed by atoms with Gasteiger partial charge in [-0.05, 0) is 38.2 Å². The zero-order chi connectivity index (χ0) is 24.6. The van der Waals surface area contributed by atoms with Crippen LogP contribution in [0.2, 0.25) is 0 Å². The van der Waals surface area contributed by atoms with Crippen LogP contribution in [0.3, 0.4) is 0 Å². The zero-order valence-corrected chi connectivity index (χ0v) is 19.3. The molecule has 0 aliphatic heterocycles. The molecule has 2 aromatic heterocycles. The van der Waals surface area contributed by atoms with Crippen LogP contribution in [0.15, 0.2) is 16.1 Å². The second-order valence-corrected chi connectivity index (χ2v) is 9.46. The molecule has 2 aliphatic carbocycles. The highest BCUT2D eigenvalue weighted by Crippen LogP contribution is 2.40. The van der Waals surface area contributed by atoms with Crippen LogP contribution in [0, 0.1) is 5.92 Å². The van der Waals surface area contributed by atoms with E-state index in [4.69, 9.17) is 4.74 Å². The molecule has 182 valence electrons. The van der Waals surface area contributed by atoms with E-state index >= 15 is 0 Å². The van der Waals surface area contributed by atoms with Crippen molar-refractivity contribution in [2.75, 3.05) is 6.61 Å². The van der Waals surface area contributed by atoms with Gasteiger partial charge in [0.15, 0.2) is 11.5 Å². The van der Waals surface area contributed by atoms with E-state index in [1.54, 1.807) is 6.92 Å². The van der Waals surface area contributed by atoms with Gasteiger partial charge in [-0.2, -0.15) is 23.3 Å². The number of Topliss-reactive ketones (excluding diaryl/α,β-unsaturated/α-hetero) is 1. The van der Waals surface area contributed by atoms with Crippen LogP contribution in [0.4, 0.5) is 23.4 Å². The van der Waals surface area contributed by atoms with Crippen molar-refractivity contribution < 1.29 is 31.9 Å². The number of halogens is 4. The standard InChI is InChI=1S/C22H22F4N4O3S/c1-3-33-21(32)20-13-6-11(27-10-28-19-9-18(22(24,25)26)29-30(19)2)4-5-16(13)34-17(20)8-15(31)12-7-14(12)23/h9,11-12,14H,3-8H2,1-2H3/t11-,12-,14+/m0/s1. The number of carbonyl (C=O) groups is 2. The summed E-state index contributed by atoms with van der Waals surface area (Å²) in [6.07, 6.45) is -3.84. The topological polar surface area (TPSA) is 85.9 Å². The largest absolute Gasteiger partial charge is 0.462 e. The fourth-order valence-corrected chi connectivity index (χ4v) is 5.30. The first-order valence-electron chi connectivity index (χ1n) is 10.8. The van der Waals surface area contributed by atoms with Gasteiger partial charge >= 0.3 is 12.1 Å². The highest BCUT2D eigenvalue weighted by Gasteiger charge is 2.44. The molecule has 0 radical (unpaired) electrons. The second-order valence-electron chi connectivity index (χ2n) is 8.27. The number of alkyl halides is 4. The van der Waals surface area contributed by atoms with E-state index in [0.717, 1.165) is 21.2 Å². The molecule has 0 N–H and O–H groups in total. The van der Waals surface area contributed by atoms with Crippen molar-refractivity contribution in [3.8, 4) is 0 Å². The molecule has 1 saturated carbocycles. The van der Waals surface area contributed by atoms with Crippen LogP contribution in [-0.2, 0) is 42.0 Å². The van der Waals surface area contributed by atoms with E-state index in [0.29, 0.717) is 29.7 Å². The van der Waals surface area contributed by atoms with Crippen molar-refractivity contribution in [3.05, 3.63) is 32.6 Å². The minimum atomic E-state index is -4.57. The third-order valence-electron chi connectivity index (χ3n) is 5.80. The summed E-state index contributed by atoms with van der Waals surface area (Å²) in [5, 5.41) is 3.39. The number of carbonyl (C=O) groups excluding carboxylic acids is 2. The number of aliphatic imine (C=N–C) groups is 2. The molecule has 2 aliphatic rings. The molecular weight excluding hydrogens is 476 g/mol. The Balaban J connectivity index is 1.55. The van der Waals surface area contributed by atoms with Gasteiger partial charge < -0.3 is 4.74 Å². The Hall–Kier alpha value is -2.85. The van der Waals surface area contributed by atoms with E-state index in [2.05, 4.69) is 21.1 Å². The quantitative estimate of drug-likeness (QED) is 0.319. The Bertz CT molecular complexity index is 1180. The number of esters is 1. The van der Waals surface area contributed by atoms with E-state index in [9.17, 15) is 27.2 Å². The number of rotatable bonds is 7. The molecule has 2 heterocycles. The molecule has 4 rings (SSSR count). The molecule has 3 atom stereocenters. The summed E-state index contributed by atoms with van der Waals surface area (Å²) in [6, 6.07) is 2.98. The minimum absolute atomic E-state index is 0.00563. The summed E-state index contributed by atoms with van der Waals surface area (Å²) in [7, 11) is 1.34. The summed E-state index contributed by atoms with van der Waals surface area (Å²) in [6.45, 7) is 1.86. The number of hydrogen-bond acceptors (Lipinski definition) is 7. The van der Waals surface area contributed by atoms with Gasteiger partial charge in [0.2, 0.25) is 0 Å². The number of ether oxygens (including phenoxy) is 1. The molecule has 34 heavy (non-hydrogen) atoms. The average molecular weight is 499 g/mol. The molecule has 0 bridgehead atoms. The Morgan fingerprint density at radius 2 is 2.12 bits per heavy atom. The van der Waals surface area contributed by atoms with Gasteiger partial charge in [0.25, 0.3) is 0 Å². The molecule has 12 heteroatoms. The number of aromatic nitrogens is 2. The van der Waals surface area contributed by atoms with Gasteiger partial charge in [0.05, 0.1) is 30.1 Å². The number of thiophene rings is 1. The van der Waals surface area contributed by atoms with Crippen molar-refractivity contribution in [1.29, 1.82) is 0 Å². The Labute approximate surface area is 196 Å². The van der Waals surface area contributed by atoms with Gasteiger partial charge in [-0.25, -0.2) is 18.9 Å². The average Bonchev–Trinajstić information content (AvgIpc) is 3.21. The Morgan fingerprint density at radius 1 is 1.38 bits per heavy atom. The summed E-state index contributed by atoms with van der Waals surface area (Å²) in [5.74, 6) is -1.37. The summed E-state index contributed by atoms with van der Waals surface area (Å²) >= 11 is 1.37. The molecule has 0 unspecified atom stereocenters. The first kappa shape index (κ1) is 24.3. The Kier molecular flexibility index (Phi) is 6.73. The predicted octanol–water partition coefficient (Wildman–Crippen LogP) is 4.51. The van der Waals surface area contributed by atoms with Gasteiger partial charge in [0, 0.05) is 29.3 Å². The lowest BCUT2D eigenvalue weighted by Crippen LogP contribution is -2.19. The summed E-state index contributed by atoms with van der Waals surface area (Å²) < 4.78 is 57.9. The highest BCUT2D eigenvalue weighted by molar-refractivity contribution is 7.12. The van der Waals surface area contributed by atoms with Gasteiger partial charge in [-0.3, -0.25) is 4.79 Å². The maximum absolute atomic E-state index is 13.3. The van der Waals surface area contributed by atoms with Crippen LogP contribution >= 0.6 is 11.3 Å². The smallest absolute Gasteiger partial charge is 0.435 e. The SMILES string of the molecule is CCOC(=O)c1c(CC(=O)[C@H]2C[C@H]2F)sc2c1C[C@@H](N=C=Nc1cc(C(F)(F)F)nn1C)CC2. The van der Waals surface area contributed by atoms with E-state index in [1.807, 2.05) is 0 Å². The van der Waals surface area contributed by atoms with Crippen molar-refractivity contribution >= 4 is 34.9 Å². The first-order chi connectivity index (χ1) is 16.1. The van der Waals surface area contributed by atoms with E-state index in [1.165, 1.54) is 18.4 Å². The van der Waals surface area contributed by atoms with Crippen LogP contribution in [0.25, 0.3) is 0 Å². The Morgan fingerprint density at radius 3 is 2.74 bits per heavy atom. The third-order valence-corrected chi connectivity index (χ3v) is 7.09. The monoisotopic (exact) mass is 498 g/mol. The van der Waals surface area contributed by atoms with Crippen molar-refractivity contribution in [3.63, 3.8) is 0 Å². The predicted molar refractivity (Wildman–Crippen MR) is 116 cm³/mol.